The highest BCUT2D eigenvalue weighted by Gasteiger charge is 2.15. The van der Waals surface area contributed by atoms with E-state index in [1.54, 1.807) is 0 Å². The first-order valence-electron chi connectivity index (χ1n) is 5.31. The molecule has 1 aliphatic carbocycles. The summed E-state index contributed by atoms with van der Waals surface area (Å²) >= 11 is 0. The van der Waals surface area contributed by atoms with Crippen molar-refractivity contribution < 1.29 is 9.90 Å². The molecule has 1 unspecified atom stereocenters. The van der Waals surface area contributed by atoms with Crippen LogP contribution in [0.4, 0.5) is 0 Å². The van der Waals surface area contributed by atoms with Gasteiger partial charge in [-0.1, -0.05) is 43.6 Å². The van der Waals surface area contributed by atoms with Gasteiger partial charge >= 0.3 is 5.97 Å². The van der Waals surface area contributed by atoms with Crippen molar-refractivity contribution in [1.82, 2.24) is 0 Å². The highest BCUT2D eigenvalue weighted by molar-refractivity contribution is 5.67. The molecule has 0 bridgehead atoms. The molecular weight excluding hydrogens is 176 g/mol. The van der Waals surface area contributed by atoms with Crippen molar-refractivity contribution in [2.45, 2.75) is 39.0 Å². The molecule has 0 heterocycles. The van der Waals surface area contributed by atoms with Gasteiger partial charge in [0.15, 0.2) is 0 Å². The van der Waals surface area contributed by atoms with Gasteiger partial charge < -0.3 is 5.11 Å². The van der Waals surface area contributed by atoms with Crippen molar-refractivity contribution in [2.24, 2.45) is 5.92 Å². The number of carbonyl (C=O) groups is 1. The van der Waals surface area contributed by atoms with Crippen LogP contribution in [0.5, 0.6) is 0 Å². The molecule has 0 aliphatic heterocycles. The van der Waals surface area contributed by atoms with Gasteiger partial charge in [0.25, 0.3) is 0 Å². The lowest BCUT2D eigenvalue weighted by Crippen LogP contribution is -2.02. The third-order valence-corrected chi connectivity index (χ3v) is 2.48. The van der Waals surface area contributed by atoms with Gasteiger partial charge in [-0.3, -0.25) is 4.79 Å². The zero-order valence-electron chi connectivity index (χ0n) is 8.70. The third-order valence-electron chi connectivity index (χ3n) is 2.48. The lowest BCUT2D eigenvalue weighted by Gasteiger charge is -2.02. The molecule has 0 spiro atoms. The molecule has 2 heteroatoms. The minimum atomic E-state index is -0.700. The van der Waals surface area contributed by atoms with Crippen LogP contribution in [0.15, 0.2) is 23.8 Å². The summed E-state index contributed by atoms with van der Waals surface area (Å²) in [6.45, 7) is 2.18. The Hall–Kier alpha value is -1.05. The summed E-state index contributed by atoms with van der Waals surface area (Å²) in [5, 5.41) is 8.62. The molecule has 0 aromatic heterocycles. The molecule has 1 aliphatic rings. The van der Waals surface area contributed by atoms with Gasteiger partial charge in [0.05, 0.1) is 6.42 Å². The molecule has 2 nitrogen and oxygen atoms in total. The molecule has 0 saturated carbocycles. The second kappa shape index (κ2) is 5.63. The number of allylic oxidation sites excluding steroid dienone is 4. The second-order valence-electron chi connectivity index (χ2n) is 3.84. The van der Waals surface area contributed by atoms with Gasteiger partial charge in [0, 0.05) is 0 Å². The molecule has 78 valence electrons. The number of unbranched alkanes of at least 4 members (excludes halogenated alkanes) is 2. The summed E-state index contributed by atoms with van der Waals surface area (Å²) in [4.78, 5) is 10.5. The van der Waals surface area contributed by atoms with Crippen LogP contribution in [0.2, 0.25) is 0 Å². The summed E-state index contributed by atoms with van der Waals surface area (Å²) < 4.78 is 0. The minimum Gasteiger partial charge on any atom is -0.481 e. The van der Waals surface area contributed by atoms with Crippen LogP contribution in [0.1, 0.15) is 39.0 Å². The fourth-order valence-corrected chi connectivity index (χ4v) is 1.71. The van der Waals surface area contributed by atoms with Crippen molar-refractivity contribution in [3.05, 3.63) is 23.8 Å². The third kappa shape index (κ3) is 3.77. The summed E-state index contributed by atoms with van der Waals surface area (Å²) in [6, 6.07) is 0. The summed E-state index contributed by atoms with van der Waals surface area (Å²) in [6.07, 6.45) is 11.1. The number of hydrogen-bond donors (Lipinski definition) is 1. The monoisotopic (exact) mass is 194 g/mol. The number of rotatable bonds is 5. The van der Waals surface area contributed by atoms with Gasteiger partial charge in [0.2, 0.25) is 0 Å². The lowest BCUT2D eigenvalue weighted by molar-refractivity contribution is -0.137. The van der Waals surface area contributed by atoms with Gasteiger partial charge in [-0.25, -0.2) is 0 Å². The Bertz CT molecular complexity index is 251. The van der Waals surface area contributed by atoms with Crippen molar-refractivity contribution in [3.63, 3.8) is 0 Å². The average Bonchev–Trinajstić information content (AvgIpc) is 2.52. The highest BCUT2D eigenvalue weighted by atomic mass is 16.4. The Balaban J connectivity index is 2.31. The van der Waals surface area contributed by atoms with Crippen LogP contribution in [0.3, 0.4) is 0 Å². The van der Waals surface area contributed by atoms with E-state index in [2.05, 4.69) is 19.1 Å². The quantitative estimate of drug-likeness (QED) is 0.682. The van der Waals surface area contributed by atoms with Crippen LogP contribution in [-0.2, 0) is 4.79 Å². The SMILES string of the molecule is CCCC/C=C1/C=CC(CC(=O)O)C1. The van der Waals surface area contributed by atoms with E-state index in [0.29, 0.717) is 0 Å². The predicted octanol–water partition coefficient (Wildman–Crippen LogP) is 3.15. The van der Waals surface area contributed by atoms with Crippen LogP contribution >= 0.6 is 0 Å². The zero-order chi connectivity index (χ0) is 10.4. The van der Waals surface area contributed by atoms with Crippen molar-refractivity contribution in [3.8, 4) is 0 Å². The van der Waals surface area contributed by atoms with Gasteiger partial charge in [-0.2, -0.15) is 0 Å². The number of hydrogen-bond acceptors (Lipinski definition) is 1. The Kier molecular flexibility index (Phi) is 4.44. The Morgan fingerprint density at radius 2 is 2.50 bits per heavy atom. The highest BCUT2D eigenvalue weighted by Crippen LogP contribution is 2.25. The molecule has 1 N–H and O–H groups in total. The maximum absolute atomic E-state index is 10.5. The van der Waals surface area contributed by atoms with Crippen molar-refractivity contribution in [2.75, 3.05) is 0 Å². The average molecular weight is 194 g/mol. The Morgan fingerprint density at radius 3 is 3.14 bits per heavy atom. The smallest absolute Gasteiger partial charge is 0.303 e. The van der Waals surface area contributed by atoms with Gasteiger partial charge in [-0.15, -0.1) is 0 Å². The maximum atomic E-state index is 10.5. The number of carboxylic acids is 1. The van der Waals surface area contributed by atoms with E-state index in [9.17, 15) is 4.79 Å². The first-order chi connectivity index (χ1) is 6.72. The van der Waals surface area contributed by atoms with E-state index < -0.39 is 5.97 Å². The molecule has 14 heavy (non-hydrogen) atoms. The van der Waals surface area contributed by atoms with Crippen molar-refractivity contribution >= 4 is 5.97 Å². The van der Waals surface area contributed by atoms with Crippen LogP contribution in [-0.4, -0.2) is 11.1 Å². The normalized spacial score (nSPS) is 23.2. The van der Waals surface area contributed by atoms with E-state index in [0.717, 1.165) is 12.8 Å². The maximum Gasteiger partial charge on any atom is 0.303 e. The largest absolute Gasteiger partial charge is 0.481 e. The predicted molar refractivity (Wildman–Crippen MR) is 57.1 cm³/mol. The molecule has 1 atom stereocenters. The molecule has 0 aromatic carbocycles. The fourth-order valence-electron chi connectivity index (χ4n) is 1.71. The molecule has 0 fully saturated rings. The molecule has 0 amide bonds. The van der Waals surface area contributed by atoms with E-state index in [1.807, 2.05) is 6.08 Å². The Morgan fingerprint density at radius 1 is 1.71 bits per heavy atom. The van der Waals surface area contributed by atoms with Crippen LogP contribution in [0, 0.1) is 5.92 Å². The summed E-state index contributed by atoms with van der Waals surface area (Å²) in [5.74, 6) is -0.477. The zero-order valence-corrected chi connectivity index (χ0v) is 8.70. The van der Waals surface area contributed by atoms with Crippen molar-refractivity contribution in [1.29, 1.82) is 0 Å². The molecule has 0 saturated heterocycles. The summed E-state index contributed by atoms with van der Waals surface area (Å²) in [5.41, 5.74) is 1.31. The number of carboxylic acid groups (broad SMARTS) is 1. The Labute approximate surface area is 85.3 Å². The van der Waals surface area contributed by atoms with E-state index in [4.69, 9.17) is 5.11 Å². The molecule has 0 aromatic rings. The van der Waals surface area contributed by atoms with E-state index in [1.165, 1.54) is 18.4 Å². The molecular formula is C12H18O2. The first kappa shape index (κ1) is 11.0. The van der Waals surface area contributed by atoms with Gasteiger partial charge in [-0.05, 0) is 18.8 Å². The molecule has 0 radical (unpaired) electrons. The van der Waals surface area contributed by atoms with Crippen LogP contribution in [0.25, 0.3) is 0 Å². The lowest BCUT2D eigenvalue weighted by atomic mass is 10.0. The summed E-state index contributed by atoms with van der Waals surface area (Å²) in [7, 11) is 0. The number of aliphatic carboxylic acids is 1. The minimum absolute atomic E-state index is 0.223. The second-order valence-corrected chi connectivity index (χ2v) is 3.84. The molecule has 1 rings (SSSR count). The first-order valence-corrected chi connectivity index (χ1v) is 5.31. The fraction of sp³-hybridized carbons (Fsp3) is 0.583. The van der Waals surface area contributed by atoms with E-state index >= 15 is 0 Å². The standard InChI is InChI=1S/C12H18O2/c1-2-3-4-5-10-6-7-11(8-10)9-12(13)14/h5-7,11H,2-4,8-9H2,1H3,(H,13,14)/b10-5-. The van der Waals surface area contributed by atoms with Gasteiger partial charge in [0.1, 0.15) is 0 Å². The topological polar surface area (TPSA) is 37.3 Å². The van der Waals surface area contributed by atoms with E-state index in [-0.39, 0.29) is 12.3 Å². The van der Waals surface area contributed by atoms with Crippen LogP contribution < -0.4 is 0 Å².